The van der Waals surface area contributed by atoms with Gasteiger partial charge in [0.15, 0.2) is 0 Å². The van der Waals surface area contributed by atoms with Crippen molar-refractivity contribution in [2.75, 3.05) is 13.2 Å². The number of benzene rings is 1. The average molecular weight is 501 g/mol. The molecule has 0 amide bonds. The summed E-state index contributed by atoms with van der Waals surface area (Å²) in [5.74, 6) is 1.19. The summed E-state index contributed by atoms with van der Waals surface area (Å²) in [6.45, 7) is 9.56. The number of rotatable bonds is 19. The molecule has 0 spiro atoms. The molecule has 2 rings (SSSR count). The van der Waals surface area contributed by atoms with E-state index >= 15 is 0 Å². The van der Waals surface area contributed by atoms with Crippen molar-refractivity contribution in [3.63, 3.8) is 0 Å². The molecule has 0 aliphatic carbocycles. The molecule has 1 heterocycles. The molecule has 5 nitrogen and oxygen atoms in total. The molecule has 0 atom stereocenters. The minimum absolute atomic E-state index is 0.0455. The molecule has 0 radical (unpaired) electrons. The summed E-state index contributed by atoms with van der Waals surface area (Å²) in [7, 11) is 0. The largest absolute Gasteiger partial charge is 0.493 e. The van der Waals surface area contributed by atoms with Crippen LogP contribution in [0, 0.1) is 11.3 Å². The van der Waals surface area contributed by atoms with Crippen molar-refractivity contribution in [1.29, 1.82) is 0 Å². The first-order valence-electron chi connectivity index (χ1n) is 14.1. The maximum Gasteiger partial charge on any atom is 0.339 e. The van der Waals surface area contributed by atoms with Gasteiger partial charge in [0, 0.05) is 0 Å². The van der Waals surface area contributed by atoms with E-state index in [1.54, 1.807) is 6.07 Å². The smallest absolute Gasteiger partial charge is 0.339 e. The molecule has 2 aromatic rings. The van der Waals surface area contributed by atoms with Crippen molar-refractivity contribution >= 4 is 16.9 Å². The number of hydrogen-bond donors (Lipinski definition) is 0. The Balaban J connectivity index is 1.40. The molecular weight excluding hydrogens is 452 g/mol. The van der Waals surface area contributed by atoms with Crippen LogP contribution in [0.3, 0.4) is 0 Å². The monoisotopic (exact) mass is 500 g/mol. The van der Waals surface area contributed by atoms with Gasteiger partial charge >= 0.3 is 11.6 Å². The third-order valence-electron chi connectivity index (χ3n) is 6.79. The Labute approximate surface area is 217 Å². The highest BCUT2D eigenvalue weighted by atomic mass is 16.5. The van der Waals surface area contributed by atoms with E-state index in [9.17, 15) is 9.59 Å². The van der Waals surface area contributed by atoms with Gasteiger partial charge < -0.3 is 13.9 Å². The topological polar surface area (TPSA) is 65.7 Å². The normalized spacial score (nSPS) is 11.8. The summed E-state index contributed by atoms with van der Waals surface area (Å²) < 4.78 is 16.6. The molecule has 0 aliphatic rings. The average Bonchev–Trinajstić information content (AvgIpc) is 2.84. The molecule has 202 valence electrons. The van der Waals surface area contributed by atoms with Crippen LogP contribution >= 0.6 is 0 Å². The number of unbranched alkanes of at least 4 members (excludes halogenated alkanes) is 10. The van der Waals surface area contributed by atoms with Gasteiger partial charge in [-0.1, -0.05) is 83.8 Å². The summed E-state index contributed by atoms with van der Waals surface area (Å²) in [6, 6.07) is 8.91. The fourth-order valence-corrected chi connectivity index (χ4v) is 4.29. The van der Waals surface area contributed by atoms with Gasteiger partial charge in [-0.05, 0) is 57.6 Å². The lowest BCUT2D eigenvalue weighted by atomic mass is 9.85. The van der Waals surface area contributed by atoms with E-state index in [4.69, 9.17) is 13.9 Å². The van der Waals surface area contributed by atoms with Gasteiger partial charge in [-0.15, -0.1) is 0 Å². The zero-order chi connectivity index (χ0) is 26.2. The molecule has 0 N–H and O–H groups in total. The number of hydrogen-bond acceptors (Lipinski definition) is 5. The van der Waals surface area contributed by atoms with Gasteiger partial charge in [-0.2, -0.15) is 0 Å². The molecule has 5 heteroatoms. The molecule has 0 unspecified atom stereocenters. The molecule has 0 saturated heterocycles. The highest BCUT2D eigenvalue weighted by Gasteiger charge is 2.28. The zero-order valence-corrected chi connectivity index (χ0v) is 23.1. The quantitative estimate of drug-likeness (QED) is 0.110. The van der Waals surface area contributed by atoms with Gasteiger partial charge in [-0.25, -0.2) is 4.79 Å². The molecule has 36 heavy (non-hydrogen) atoms. The molecule has 1 aromatic carbocycles. The van der Waals surface area contributed by atoms with Crippen LogP contribution in [-0.4, -0.2) is 19.2 Å². The van der Waals surface area contributed by atoms with E-state index in [0.717, 1.165) is 43.9 Å². The van der Waals surface area contributed by atoms with Gasteiger partial charge in [-0.3, -0.25) is 4.79 Å². The summed E-state index contributed by atoms with van der Waals surface area (Å²) in [4.78, 5) is 24.0. The van der Waals surface area contributed by atoms with Gasteiger partial charge in [0.2, 0.25) is 0 Å². The van der Waals surface area contributed by atoms with Crippen molar-refractivity contribution < 1.29 is 18.7 Å². The third kappa shape index (κ3) is 11.6. The van der Waals surface area contributed by atoms with E-state index in [-0.39, 0.29) is 17.0 Å². The number of carbonyl (C=O) groups excluding carboxylic acids is 1. The molecule has 0 bridgehead atoms. The maximum atomic E-state index is 12.3. The Bertz CT molecular complexity index is 943. The Morgan fingerprint density at radius 1 is 0.861 bits per heavy atom. The van der Waals surface area contributed by atoms with Crippen LogP contribution in [0.2, 0.25) is 0 Å². The van der Waals surface area contributed by atoms with Crippen molar-refractivity contribution in [1.82, 2.24) is 0 Å². The fourth-order valence-electron chi connectivity index (χ4n) is 4.29. The summed E-state index contributed by atoms with van der Waals surface area (Å²) >= 11 is 0. The van der Waals surface area contributed by atoms with Crippen LogP contribution < -0.4 is 10.4 Å². The van der Waals surface area contributed by atoms with E-state index in [1.807, 2.05) is 32.0 Å². The van der Waals surface area contributed by atoms with Crippen LogP contribution in [0.15, 0.2) is 39.5 Å². The number of ether oxygens (including phenoxy) is 2. The van der Waals surface area contributed by atoms with E-state index in [2.05, 4.69) is 13.8 Å². The van der Waals surface area contributed by atoms with Crippen LogP contribution in [0.5, 0.6) is 5.75 Å². The SMILES string of the molecule is CC(C)CCC(C)(C)C(=O)OCCCCCCCCCCCCCOc1cc(=O)oc2ccccc12. The highest BCUT2D eigenvalue weighted by molar-refractivity contribution is 5.82. The van der Waals surface area contributed by atoms with Crippen molar-refractivity contribution in [3.8, 4) is 5.75 Å². The molecule has 0 saturated carbocycles. The van der Waals surface area contributed by atoms with E-state index in [0.29, 0.717) is 30.5 Å². The lowest BCUT2D eigenvalue weighted by molar-refractivity contribution is -0.154. The number of fused-ring (bicyclic) bond motifs is 1. The maximum absolute atomic E-state index is 12.3. The number of esters is 1. The Morgan fingerprint density at radius 2 is 1.42 bits per heavy atom. The van der Waals surface area contributed by atoms with Gasteiger partial charge in [0.1, 0.15) is 11.3 Å². The second kappa shape index (κ2) is 16.4. The first-order chi connectivity index (χ1) is 17.3. The lowest BCUT2D eigenvalue weighted by Gasteiger charge is -2.23. The molecular formula is C31H48O5. The van der Waals surface area contributed by atoms with Crippen LogP contribution in [-0.2, 0) is 9.53 Å². The van der Waals surface area contributed by atoms with Crippen molar-refractivity contribution in [2.24, 2.45) is 11.3 Å². The Hall–Kier alpha value is -2.30. The summed E-state index contributed by atoms with van der Waals surface area (Å²) in [5, 5.41) is 0.846. The van der Waals surface area contributed by atoms with Crippen LogP contribution in [0.25, 0.3) is 11.0 Å². The predicted octanol–water partition coefficient (Wildman–Crippen LogP) is 8.47. The first kappa shape index (κ1) is 29.9. The van der Waals surface area contributed by atoms with E-state index < -0.39 is 0 Å². The number of carbonyl (C=O) groups is 1. The van der Waals surface area contributed by atoms with Crippen LogP contribution in [0.1, 0.15) is 111 Å². The van der Waals surface area contributed by atoms with E-state index in [1.165, 1.54) is 51.0 Å². The van der Waals surface area contributed by atoms with Crippen LogP contribution in [0.4, 0.5) is 0 Å². The third-order valence-corrected chi connectivity index (χ3v) is 6.79. The second-order valence-corrected chi connectivity index (χ2v) is 11.1. The minimum Gasteiger partial charge on any atom is -0.493 e. The predicted molar refractivity (Wildman–Crippen MR) is 148 cm³/mol. The summed E-state index contributed by atoms with van der Waals surface area (Å²) in [5.41, 5.74) is -0.171. The number of para-hydroxylation sites is 1. The standard InChI is InChI=1S/C31H48O5/c1-25(2)20-21-31(3,4)30(33)35-23-17-13-11-9-7-5-6-8-10-12-16-22-34-28-24-29(32)36-27-19-15-14-18-26(27)28/h14-15,18-19,24-25H,5-13,16-17,20-23H2,1-4H3. The first-order valence-corrected chi connectivity index (χ1v) is 14.1. The van der Waals surface area contributed by atoms with Gasteiger partial charge in [0.05, 0.1) is 30.1 Å². The van der Waals surface area contributed by atoms with Gasteiger partial charge in [0.25, 0.3) is 0 Å². The second-order valence-electron chi connectivity index (χ2n) is 11.1. The van der Waals surface area contributed by atoms with Crippen molar-refractivity contribution in [3.05, 3.63) is 40.8 Å². The Morgan fingerprint density at radius 3 is 2.03 bits per heavy atom. The Kier molecular flexibility index (Phi) is 13.7. The summed E-state index contributed by atoms with van der Waals surface area (Å²) in [6.07, 6.45) is 15.0. The lowest BCUT2D eigenvalue weighted by Crippen LogP contribution is -2.27. The molecule has 0 aliphatic heterocycles. The van der Waals surface area contributed by atoms with Crippen molar-refractivity contribution in [2.45, 2.75) is 111 Å². The molecule has 1 aromatic heterocycles. The fraction of sp³-hybridized carbons (Fsp3) is 0.677. The zero-order valence-electron chi connectivity index (χ0n) is 23.1. The highest BCUT2D eigenvalue weighted by Crippen LogP contribution is 2.27. The minimum atomic E-state index is -0.372. The molecule has 0 fully saturated rings.